The Kier molecular flexibility index (Phi) is 4.24. The van der Waals surface area contributed by atoms with Crippen LogP contribution < -0.4 is 0 Å². The predicted octanol–water partition coefficient (Wildman–Crippen LogP) is 3.45. The van der Waals surface area contributed by atoms with E-state index < -0.39 is 0 Å². The summed E-state index contributed by atoms with van der Waals surface area (Å²) in [4.78, 5) is 18.3. The molecule has 0 aliphatic heterocycles. The third-order valence-electron chi connectivity index (χ3n) is 3.93. The van der Waals surface area contributed by atoms with Crippen LogP contribution in [0.5, 0.6) is 0 Å². The second kappa shape index (κ2) is 6.48. The second-order valence-electron chi connectivity index (χ2n) is 5.60. The molecule has 4 heteroatoms. The van der Waals surface area contributed by atoms with E-state index in [4.69, 9.17) is 0 Å². The highest BCUT2D eigenvalue weighted by Crippen LogP contribution is 2.14. The van der Waals surface area contributed by atoms with Crippen LogP contribution in [0.15, 0.2) is 67.3 Å². The molecule has 0 N–H and O–H groups in total. The Hall–Kier alpha value is -2.88. The standard InChI is InChI=1S/C19H19N3O/c1-15-5-3-4-6-17(15)13-21(2)19(23)16-7-9-18(10-8-16)22-12-11-20-14-22/h3-12,14H,13H2,1-2H3. The molecule has 0 saturated carbocycles. The molecule has 3 rings (SSSR count). The summed E-state index contributed by atoms with van der Waals surface area (Å²) in [5.41, 5.74) is 4.03. The molecule has 116 valence electrons. The molecule has 0 radical (unpaired) electrons. The zero-order chi connectivity index (χ0) is 16.2. The lowest BCUT2D eigenvalue weighted by Crippen LogP contribution is -2.26. The van der Waals surface area contributed by atoms with Crippen molar-refractivity contribution >= 4 is 5.91 Å². The third kappa shape index (κ3) is 3.31. The molecule has 2 aromatic carbocycles. The van der Waals surface area contributed by atoms with Gasteiger partial charge in [0.05, 0.1) is 6.33 Å². The van der Waals surface area contributed by atoms with Crippen molar-refractivity contribution in [3.05, 3.63) is 83.9 Å². The van der Waals surface area contributed by atoms with Gasteiger partial charge in [-0.05, 0) is 42.3 Å². The average Bonchev–Trinajstić information content (AvgIpc) is 3.11. The van der Waals surface area contributed by atoms with Crippen LogP contribution in [0.2, 0.25) is 0 Å². The molecule has 1 heterocycles. The molecule has 0 aliphatic carbocycles. The Morgan fingerprint density at radius 3 is 2.52 bits per heavy atom. The van der Waals surface area contributed by atoms with Gasteiger partial charge in [0, 0.05) is 37.2 Å². The largest absolute Gasteiger partial charge is 0.337 e. The molecule has 1 aromatic heterocycles. The van der Waals surface area contributed by atoms with E-state index in [1.54, 1.807) is 17.4 Å². The first kappa shape index (κ1) is 15.0. The first-order valence-electron chi connectivity index (χ1n) is 7.53. The molecular formula is C19H19N3O. The zero-order valence-corrected chi connectivity index (χ0v) is 13.3. The highest BCUT2D eigenvalue weighted by atomic mass is 16.2. The van der Waals surface area contributed by atoms with Crippen molar-refractivity contribution in [2.24, 2.45) is 0 Å². The lowest BCUT2D eigenvalue weighted by Gasteiger charge is -2.18. The van der Waals surface area contributed by atoms with Crippen LogP contribution in [0.3, 0.4) is 0 Å². The minimum atomic E-state index is 0.0189. The number of carbonyl (C=O) groups is 1. The number of carbonyl (C=O) groups excluding carboxylic acids is 1. The van der Waals surface area contributed by atoms with Crippen molar-refractivity contribution in [3.8, 4) is 5.69 Å². The smallest absolute Gasteiger partial charge is 0.253 e. The molecule has 23 heavy (non-hydrogen) atoms. The summed E-state index contributed by atoms with van der Waals surface area (Å²) in [7, 11) is 1.83. The molecule has 0 bridgehead atoms. The Labute approximate surface area is 136 Å². The number of rotatable bonds is 4. The fourth-order valence-corrected chi connectivity index (χ4v) is 2.52. The van der Waals surface area contributed by atoms with Crippen LogP contribution in [0.25, 0.3) is 5.69 Å². The van der Waals surface area contributed by atoms with Gasteiger partial charge >= 0.3 is 0 Å². The van der Waals surface area contributed by atoms with E-state index >= 15 is 0 Å². The maximum atomic E-state index is 12.6. The van der Waals surface area contributed by atoms with Gasteiger partial charge < -0.3 is 9.47 Å². The van der Waals surface area contributed by atoms with Gasteiger partial charge in [-0.3, -0.25) is 4.79 Å². The Morgan fingerprint density at radius 1 is 1.13 bits per heavy atom. The van der Waals surface area contributed by atoms with E-state index in [2.05, 4.69) is 24.0 Å². The number of benzene rings is 2. The lowest BCUT2D eigenvalue weighted by molar-refractivity contribution is 0.0785. The van der Waals surface area contributed by atoms with Gasteiger partial charge in [0.25, 0.3) is 5.91 Å². The van der Waals surface area contributed by atoms with Gasteiger partial charge in [-0.1, -0.05) is 24.3 Å². The highest BCUT2D eigenvalue weighted by molar-refractivity contribution is 5.94. The Balaban J connectivity index is 1.73. The summed E-state index contributed by atoms with van der Waals surface area (Å²) in [5.74, 6) is 0.0189. The fraction of sp³-hybridized carbons (Fsp3) is 0.158. The summed E-state index contributed by atoms with van der Waals surface area (Å²) < 4.78 is 1.91. The number of aryl methyl sites for hydroxylation is 1. The van der Waals surface area contributed by atoms with E-state index in [0.717, 1.165) is 5.69 Å². The number of amides is 1. The van der Waals surface area contributed by atoms with Crippen LogP contribution in [0, 0.1) is 6.92 Å². The van der Waals surface area contributed by atoms with E-state index in [-0.39, 0.29) is 5.91 Å². The first-order valence-corrected chi connectivity index (χ1v) is 7.53. The van der Waals surface area contributed by atoms with Crippen molar-refractivity contribution in [1.82, 2.24) is 14.5 Å². The Morgan fingerprint density at radius 2 is 1.87 bits per heavy atom. The van der Waals surface area contributed by atoms with Crippen molar-refractivity contribution in [3.63, 3.8) is 0 Å². The number of hydrogen-bond acceptors (Lipinski definition) is 2. The monoisotopic (exact) mass is 305 g/mol. The lowest BCUT2D eigenvalue weighted by atomic mass is 10.1. The number of aromatic nitrogens is 2. The summed E-state index contributed by atoms with van der Waals surface area (Å²) >= 11 is 0. The van der Waals surface area contributed by atoms with Gasteiger partial charge in [-0.15, -0.1) is 0 Å². The highest BCUT2D eigenvalue weighted by Gasteiger charge is 2.13. The van der Waals surface area contributed by atoms with Gasteiger partial charge in [0.15, 0.2) is 0 Å². The van der Waals surface area contributed by atoms with E-state index in [9.17, 15) is 4.79 Å². The number of hydrogen-bond donors (Lipinski definition) is 0. The molecule has 1 amide bonds. The van der Waals surface area contributed by atoms with E-state index in [0.29, 0.717) is 12.1 Å². The molecule has 0 aliphatic rings. The SMILES string of the molecule is Cc1ccccc1CN(C)C(=O)c1ccc(-n2ccnc2)cc1. The second-order valence-corrected chi connectivity index (χ2v) is 5.60. The van der Waals surface area contributed by atoms with E-state index in [1.807, 2.05) is 54.2 Å². The molecule has 0 unspecified atom stereocenters. The molecule has 3 aromatic rings. The average molecular weight is 305 g/mol. The Bertz CT molecular complexity index is 792. The van der Waals surface area contributed by atoms with Gasteiger partial charge in [-0.25, -0.2) is 4.98 Å². The van der Waals surface area contributed by atoms with Gasteiger partial charge in [-0.2, -0.15) is 0 Å². The van der Waals surface area contributed by atoms with Gasteiger partial charge in [0.2, 0.25) is 0 Å². The summed E-state index contributed by atoms with van der Waals surface area (Å²) in [6, 6.07) is 15.7. The fourth-order valence-electron chi connectivity index (χ4n) is 2.52. The van der Waals surface area contributed by atoms with E-state index in [1.165, 1.54) is 11.1 Å². The van der Waals surface area contributed by atoms with Crippen LogP contribution in [0.4, 0.5) is 0 Å². The maximum Gasteiger partial charge on any atom is 0.253 e. The predicted molar refractivity (Wildman–Crippen MR) is 90.5 cm³/mol. The molecule has 4 nitrogen and oxygen atoms in total. The van der Waals surface area contributed by atoms with Crippen LogP contribution in [0.1, 0.15) is 21.5 Å². The first-order chi connectivity index (χ1) is 11.1. The summed E-state index contributed by atoms with van der Waals surface area (Å²) in [6.07, 6.45) is 5.34. The molecule has 0 fully saturated rings. The zero-order valence-electron chi connectivity index (χ0n) is 13.3. The van der Waals surface area contributed by atoms with Crippen LogP contribution in [-0.4, -0.2) is 27.4 Å². The van der Waals surface area contributed by atoms with Crippen molar-refractivity contribution < 1.29 is 4.79 Å². The molecule has 0 atom stereocenters. The van der Waals surface area contributed by atoms with Crippen molar-refractivity contribution in [1.29, 1.82) is 0 Å². The molecule has 0 saturated heterocycles. The topological polar surface area (TPSA) is 38.1 Å². The number of imidazole rings is 1. The quantitative estimate of drug-likeness (QED) is 0.740. The summed E-state index contributed by atoms with van der Waals surface area (Å²) in [6.45, 7) is 2.67. The molecule has 0 spiro atoms. The minimum Gasteiger partial charge on any atom is -0.337 e. The van der Waals surface area contributed by atoms with Crippen molar-refractivity contribution in [2.45, 2.75) is 13.5 Å². The van der Waals surface area contributed by atoms with Crippen LogP contribution in [-0.2, 0) is 6.54 Å². The maximum absolute atomic E-state index is 12.6. The van der Waals surface area contributed by atoms with Crippen LogP contribution >= 0.6 is 0 Å². The third-order valence-corrected chi connectivity index (χ3v) is 3.93. The normalized spacial score (nSPS) is 10.5. The minimum absolute atomic E-state index is 0.0189. The number of nitrogens with zero attached hydrogens (tertiary/aromatic N) is 3. The van der Waals surface area contributed by atoms with Crippen molar-refractivity contribution in [2.75, 3.05) is 7.05 Å². The molecular weight excluding hydrogens is 286 g/mol. The van der Waals surface area contributed by atoms with Gasteiger partial charge in [0.1, 0.15) is 0 Å². The summed E-state index contributed by atoms with van der Waals surface area (Å²) in [5, 5.41) is 0.